The summed E-state index contributed by atoms with van der Waals surface area (Å²) in [5, 5.41) is 13.1. The predicted octanol–water partition coefficient (Wildman–Crippen LogP) is 3.18. The van der Waals surface area contributed by atoms with Crippen LogP contribution in [-0.2, 0) is 4.74 Å². The number of aliphatic hydroxyl groups is 1. The molecule has 1 saturated heterocycles. The zero-order valence-electron chi connectivity index (χ0n) is 13.8. The number of nitrogens with zero attached hydrogens (tertiary/aromatic N) is 1. The fourth-order valence-corrected chi connectivity index (χ4v) is 2.95. The number of hydrogen-bond donors (Lipinski definition) is 2. The maximum absolute atomic E-state index is 13.3. The SMILES string of the molecule is O=C(Nc1cccc(F)c1)N1CCOC[C@@H]1C[C@H](O)c1ccccc1. The summed E-state index contributed by atoms with van der Waals surface area (Å²) in [6, 6.07) is 14.5. The van der Waals surface area contributed by atoms with Crippen LogP contribution in [0.3, 0.4) is 0 Å². The number of halogens is 1. The van der Waals surface area contributed by atoms with Crippen LogP contribution in [0.15, 0.2) is 54.6 Å². The van der Waals surface area contributed by atoms with E-state index in [9.17, 15) is 14.3 Å². The van der Waals surface area contributed by atoms with Crippen LogP contribution in [0.1, 0.15) is 18.1 Å². The first-order valence-corrected chi connectivity index (χ1v) is 8.27. The minimum atomic E-state index is -0.683. The number of hydrogen-bond acceptors (Lipinski definition) is 3. The van der Waals surface area contributed by atoms with Gasteiger partial charge in [-0.05, 0) is 23.8 Å². The zero-order valence-corrected chi connectivity index (χ0v) is 13.8. The Morgan fingerprint density at radius 1 is 1.28 bits per heavy atom. The summed E-state index contributed by atoms with van der Waals surface area (Å²) in [5.74, 6) is -0.407. The van der Waals surface area contributed by atoms with E-state index in [1.807, 2.05) is 30.3 Å². The summed E-state index contributed by atoms with van der Waals surface area (Å²) in [5.41, 5.74) is 1.21. The maximum atomic E-state index is 13.3. The molecule has 0 saturated carbocycles. The average Bonchev–Trinajstić information content (AvgIpc) is 2.63. The van der Waals surface area contributed by atoms with Gasteiger partial charge in [-0.2, -0.15) is 0 Å². The monoisotopic (exact) mass is 344 g/mol. The van der Waals surface area contributed by atoms with E-state index in [-0.39, 0.29) is 12.1 Å². The van der Waals surface area contributed by atoms with Crippen LogP contribution in [0.5, 0.6) is 0 Å². The summed E-state index contributed by atoms with van der Waals surface area (Å²) in [6.45, 7) is 1.22. The lowest BCUT2D eigenvalue weighted by molar-refractivity contribution is -0.00427. The Labute approximate surface area is 146 Å². The molecule has 3 rings (SSSR count). The molecule has 1 aliphatic rings. The summed E-state index contributed by atoms with van der Waals surface area (Å²) in [4.78, 5) is 14.2. The number of aliphatic hydroxyl groups excluding tert-OH is 1. The minimum absolute atomic E-state index is 0.252. The second kappa shape index (κ2) is 8.09. The number of carbonyl (C=O) groups excluding carboxylic acids is 1. The first-order valence-electron chi connectivity index (χ1n) is 8.27. The van der Waals surface area contributed by atoms with Crippen molar-refractivity contribution in [1.29, 1.82) is 0 Å². The molecule has 0 aromatic heterocycles. The van der Waals surface area contributed by atoms with Gasteiger partial charge in [0.2, 0.25) is 0 Å². The van der Waals surface area contributed by atoms with Crippen molar-refractivity contribution in [2.75, 3.05) is 25.1 Å². The second-order valence-corrected chi connectivity index (χ2v) is 6.02. The molecule has 1 aliphatic heterocycles. The Kier molecular flexibility index (Phi) is 5.63. The third-order valence-electron chi connectivity index (χ3n) is 4.24. The van der Waals surface area contributed by atoms with Gasteiger partial charge in [0.25, 0.3) is 0 Å². The standard InChI is InChI=1S/C19H21FN2O3/c20-15-7-4-8-16(11-15)21-19(24)22-9-10-25-13-17(22)12-18(23)14-5-2-1-3-6-14/h1-8,11,17-18,23H,9-10,12-13H2,(H,21,24)/t17-,18-/m0/s1. The van der Waals surface area contributed by atoms with E-state index in [4.69, 9.17) is 4.74 Å². The Morgan fingerprint density at radius 2 is 2.08 bits per heavy atom. The summed E-state index contributed by atoms with van der Waals surface area (Å²) in [7, 11) is 0. The quantitative estimate of drug-likeness (QED) is 0.895. The van der Waals surface area contributed by atoms with Crippen LogP contribution in [0.4, 0.5) is 14.9 Å². The van der Waals surface area contributed by atoms with Crippen molar-refractivity contribution in [3.8, 4) is 0 Å². The van der Waals surface area contributed by atoms with Crippen molar-refractivity contribution in [3.05, 3.63) is 66.0 Å². The van der Waals surface area contributed by atoms with Gasteiger partial charge in [0.05, 0.1) is 25.4 Å². The van der Waals surface area contributed by atoms with Crippen LogP contribution in [-0.4, -0.2) is 41.8 Å². The van der Waals surface area contributed by atoms with Gasteiger partial charge in [0.15, 0.2) is 0 Å². The van der Waals surface area contributed by atoms with Gasteiger partial charge in [-0.15, -0.1) is 0 Å². The van der Waals surface area contributed by atoms with Crippen molar-refractivity contribution in [2.24, 2.45) is 0 Å². The molecule has 25 heavy (non-hydrogen) atoms. The topological polar surface area (TPSA) is 61.8 Å². The predicted molar refractivity (Wildman–Crippen MR) is 92.8 cm³/mol. The van der Waals surface area contributed by atoms with E-state index in [1.54, 1.807) is 17.0 Å². The van der Waals surface area contributed by atoms with Gasteiger partial charge < -0.3 is 20.1 Å². The molecule has 2 atom stereocenters. The fraction of sp³-hybridized carbons (Fsp3) is 0.316. The van der Waals surface area contributed by atoms with Gasteiger partial charge in [0, 0.05) is 18.7 Å². The lowest BCUT2D eigenvalue weighted by Gasteiger charge is -2.36. The van der Waals surface area contributed by atoms with Crippen molar-refractivity contribution in [1.82, 2.24) is 4.90 Å². The van der Waals surface area contributed by atoms with Crippen LogP contribution >= 0.6 is 0 Å². The molecule has 132 valence electrons. The number of anilines is 1. The second-order valence-electron chi connectivity index (χ2n) is 6.02. The molecule has 0 bridgehead atoms. The Bertz CT molecular complexity index is 711. The number of nitrogens with one attached hydrogen (secondary N) is 1. The summed E-state index contributed by atoms with van der Waals surface area (Å²) < 4.78 is 18.8. The van der Waals surface area contributed by atoms with Crippen LogP contribution in [0.2, 0.25) is 0 Å². The molecule has 1 fully saturated rings. The molecule has 2 N–H and O–H groups in total. The van der Waals surface area contributed by atoms with Crippen molar-refractivity contribution < 1.29 is 19.0 Å². The lowest BCUT2D eigenvalue weighted by Crippen LogP contribution is -2.50. The molecular weight excluding hydrogens is 323 g/mol. The van der Waals surface area contributed by atoms with Crippen molar-refractivity contribution in [3.63, 3.8) is 0 Å². The number of carbonyl (C=O) groups is 1. The third-order valence-corrected chi connectivity index (χ3v) is 4.24. The number of benzene rings is 2. The van der Waals surface area contributed by atoms with Crippen LogP contribution in [0.25, 0.3) is 0 Å². The molecule has 0 radical (unpaired) electrons. The van der Waals surface area contributed by atoms with E-state index in [2.05, 4.69) is 5.32 Å². The van der Waals surface area contributed by atoms with Gasteiger partial charge in [-0.1, -0.05) is 36.4 Å². The highest BCUT2D eigenvalue weighted by atomic mass is 19.1. The molecule has 0 aliphatic carbocycles. The molecule has 1 heterocycles. The Hall–Kier alpha value is -2.44. The van der Waals surface area contributed by atoms with Gasteiger partial charge in [0.1, 0.15) is 5.82 Å². The molecule has 6 heteroatoms. The maximum Gasteiger partial charge on any atom is 0.322 e. The van der Waals surface area contributed by atoms with E-state index < -0.39 is 11.9 Å². The van der Waals surface area contributed by atoms with Gasteiger partial charge in [-0.3, -0.25) is 0 Å². The molecular formula is C19H21FN2O3. The van der Waals surface area contributed by atoms with E-state index in [0.29, 0.717) is 31.9 Å². The van der Waals surface area contributed by atoms with E-state index in [1.165, 1.54) is 12.1 Å². The lowest BCUT2D eigenvalue weighted by atomic mass is 10.0. The fourth-order valence-electron chi connectivity index (χ4n) is 2.95. The van der Waals surface area contributed by atoms with Gasteiger partial charge >= 0.3 is 6.03 Å². The highest BCUT2D eigenvalue weighted by molar-refractivity contribution is 5.89. The Morgan fingerprint density at radius 3 is 2.84 bits per heavy atom. The highest BCUT2D eigenvalue weighted by Gasteiger charge is 2.29. The molecule has 2 aromatic carbocycles. The number of morpholine rings is 1. The van der Waals surface area contributed by atoms with Crippen LogP contribution in [0, 0.1) is 5.82 Å². The third kappa shape index (κ3) is 4.55. The zero-order chi connectivity index (χ0) is 17.6. The van der Waals surface area contributed by atoms with E-state index >= 15 is 0 Å². The summed E-state index contributed by atoms with van der Waals surface area (Å²) in [6.07, 6.45) is -0.307. The van der Waals surface area contributed by atoms with E-state index in [0.717, 1.165) is 5.56 Å². The number of amides is 2. The first kappa shape index (κ1) is 17.4. The number of rotatable bonds is 4. The first-order chi connectivity index (χ1) is 12.1. The minimum Gasteiger partial charge on any atom is -0.388 e. The summed E-state index contributed by atoms with van der Waals surface area (Å²) >= 11 is 0. The number of ether oxygens (including phenoxy) is 1. The van der Waals surface area contributed by atoms with Crippen LogP contribution < -0.4 is 5.32 Å². The molecule has 2 amide bonds. The van der Waals surface area contributed by atoms with Gasteiger partial charge in [-0.25, -0.2) is 9.18 Å². The molecule has 2 aromatic rings. The largest absolute Gasteiger partial charge is 0.388 e. The number of urea groups is 1. The molecule has 5 nitrogen and oxygen atoms in total. The normalized spacial score (nSPS) is 18.6. The smallest absolute Gasteiger partial charge is 0.322 e. The average molecular weight is 344 g/mol. The van der Waals surface area contributed by atoms with Crippen molar-refractivity contribution in [2.45, 2.75) is 18.6 Å². The highest BCUT2D eigenvalue weighted by Crippen LogP contribution is 2.23. The molecule has 0 spiro atoms. The molecule has 0 unspecified atom stereocenters. The Balaban J connectivity index is 1.67. The van der Waals surface area contributed by atoms with Crippen molar-refractivity contribution >= 4 is 11.7 Å².